The second kappa shape index (κ2) is 8.10. The van der Waals surface area contributed by atoms with Crippen LogP contribution in [0.2, 0.25) is 0 Å². The molecule has 0 aliphatic carbocycles. The van der Waals surface area contributed by atoms with Crippen LogP contribution in [0.25, 0.3) is 0 Å². The van der Waals surface area contributed by atoms with Gasteiger partial charge in [-0.25, -0.2) is 4.79 Å². The first kappa shape index (κ1) is 12.5. The Bertz CT molecular complexity index is 220. The number of aliphatic carboxylic acids is 1. The zero-order valence-corrected chi connectivity index (χ0v) is 8.15. The second-order valence-electron chi connectivity index (χ2n) is 2.90. The molecule has 5 heteroatoms. The van der Waals surface area contributed by atoms with Crippen molar-refractivity contribution < 1.29 is 9.90 Å². The van der Waals surface area contributed by atoms with E-state index in [-0.39, 0.29) is 5.96 Å². The molecule has 0 aliphatic rings. The lowest BCUT2D eigenvalue weighted by Gasteiger charge is -1.95. The number of carbonyl (C=O) groups is 1. The van der Waals surface area contributed by atoms with E-state index < -0.39 is 5.97 Å². The van der Waals surface area contributed by atoms with Crippen LogP contribution in [-0.2, 0) is 4.79 Å². The molecular weight excluding hydrogens is 182 g/mol. The van der Waals surface area contributed by atoms with Crippen LogP contribution in [0, 0.1) is 0 Å². The SMILES string of the molecule is NC(N)=NCCCCC/C=C/C(=O)O. The van der Waals surface area contributed by atoms with Gasteiger partial charge in [-0.3, -0.25) is 4.99 Å². The topological polar surface area (TPSA) is 102 Å². The maximum atomic E-state index is 10.1. The third-order valence-corrected chi connectivity index (χ3v) is 1.58. The van der Waals surface area contributed by atoms with Gasteiger partial charge in [-0.1, -0.05) is 12.5 Å². The molecule has 5 nitrogen and oxygen atoms in total. The van der Waals surface area contributed by atoms with E-state index in [1.807, 2.05) is 0 Å². The molecule has 0 saturated carbocycles. The van der Waals surface area contributed by atoms with Gasteiger partial charge in [0.25, 0.3) is 0 Å². The summed E-state index contributed by atoms with van der Waals surface area (Å²) in [6.07, 6.45) is 6.50. The Morgan fingerprint density at radius 2 is 2.00 bits per heavy atom. The van der Waals surface area contributed by atoms with Gasteiger partial charge >= 0.3 is 5.97 Å². The lowest BCUT2D eigenvalue weighted by Crippen LogP contribution is -2.22. The summed E-state index contributed by atoms with van der Waals surface area (Å²) >= 11 is 0. The van der Waals surface area contributed by atoms with Gasteiger partial charge in [-0.05, 0) is 19.3 Å². The highest BCUT2D eigenvalue weighted by atomic mass is 16.4. The molecule has 0 aromatic heterocycles. The monoisotopic (exact) mass is 199 g/mol. The molecule has 0 atom stereocenters. The fourth-order valence-electron chi connectivity index (χ4n) is 0.943. The Labute approximate surface area is 83.5 Å². The smallest absolute Gasteiger partial charge is 0.327 e. The summed E-state index contributed by atoms with van der Waals surface area (Å²) in [6, 6.07) is 0. The highest BCUT2D eigenvalue weighted by molar-refractivity contribution is 5.79. The molecule has 0 unspecified atom stereocenters. The number of guanidine groups is 1. The van der Waals surface area contributed by atoms with E-state index in [1.54, 1.807) is 6.08 Å². The Morgan fingerprint density at radius 1 is 1.29 bits per heavy atom. The lowest BCUT2D eigenvalue weighted by atomic mass is 10.2. The molecule has 5 N–H and O–H groups in total. The second-order valence-corrected chi connectivity index (χ2v) is 2.90. The highest BCUT2D eigenvalue weighted by Gasteiger charge is 1.88. The molecule has 14 heavy (non-hydrogen) atoms. The quantitative estimate of drug-likeness (QED) is 0.240. The first-order valence-corrected chi connectivity index (χ1v) is 4.58. The van der Waals surface area contributed by atoms with Crippen molar-refractivity contribution >= 4 is 11.9 Å². The van der Waals surface area contributed by atoms with Gasteiger partial charge in [0.15, 0.2) is 5.96 Å². The first-order valence-electron chi connectivity index (χ1n) is 4.58. The van der Waals surface area contributed by atoms with Crippen LogP contribution >= 0.6 is 0 Å². The van der Waals surface area contributed by atoms with Gasteiger partial charge in [-0.15, -0.1) is 0 Å². The summed E-state index contributed by atoms with van der Waals surface area (Å²) in [4.78, 5) is 13.9. The van der Waals surface area contributed by atoms with Crippen molar-refractivity contribution in [3.8, 4) is 0 Å². The molecule has 0 aromatic rings. The minimum atomic E-state index is -0.898. The number of hydrogen-bond acceptors (Lipinski definition) is 2. The Morgan fingerprint density at radius 3 is 2.57 bits per heavy atom. The van der Waals surface area contributed by atoms with E-state index in [0.717, 1.165) is 31.8 Å². The summed E-state index contributed by atoms with van der Waals surface area (Å²) in [7, 11) is 0. The van der Waals surface area contributed by atoms with E-state index in [4.69, 9.17) is 16.6 Å². The predicted molar refractivity (Wildman–Crippen MR) is 55.9 cm³/mol. The molecule has 0 fully saturated rings. The minimum Gasteiger partial charge on any atom is -0.478 e. The van der Waals surface area contributed by atoms with E-state index >= 15 is 0 Å². The lowest BCUT2D eigenvalue weighted by molar-refractivity contribution is -0.131. The summed E-state index contributed by atoms with van der Waals surface area (Å²) in [5.74, 6) is -0.777. The fourth-order valence-corrected chi connectivity index (χ4v) is 0.943. The van der Waals surface area contributed by atoms with Gasteiger partial charge in [0, 0.05) is 12.6 Å². The minimum absolute atomic E-state index is 0.121. The maximum Gasteiger partial charge on any atom is 0.327 e. The van der Waals surface area contributed by atoms with E-state index in [9.17, 15) is 4.79 Å². The third-order valence-electron chi connectivity index (χ3n) is 1.58. The summed E-state index contributed by atoms with van der Waals surface area (Å²) < 4.78 is 0. The number of carboxylic acids is 1. The molecule has 0 rings (SSSR count). The van der Waals surface area contributed by atoms with Crippen LogP contribution in [0.1, 0.15) is 25.7 Å². The molecule has 0 amide bonds. The molecule has 0 spiro atoms. The highest BCUT2D eigenvalue weighted by Crippen LogP contribution is 2.00. The van der Waals surface area contributed by atoms with Crippen LogP contribution in [0.15, 0.2) is 17.1 Å². The van der Waals surface area contributed by atoms with Gasteiger partial charge < -0.3 is 16.6 Å². The molecule has 0 radical (unpaired) electrons. The fraction of sp³-hybridized carbons (Fsp3) is 0.556. The molecule has 0 saturated heterocycles. The van der Waals surface area contributed by atoms with Crippen molar-refractivity contribution in [3.63, 3.8) is 0 Å². The predicted octanol–water partition coefficient (Wildman–Crippen LogP) is 0.461. The summed E-state index contributed by atoms with van der Waals surface area (Å²) in [5, 5.41) is 8.28. The molecule has 0 aromatic carbocycles. The number of allylic oxidation sites excluding steroid dienone is 1. The third kappa shape index (κ3) is 10.5. The van der Waals surface area contributed by atoms with Crippen molar-refractivity contribution in [2.24, 2.45) is 16.5 Å². The van der Waals surface area contributed by atoms with Crippen molar-refractivity contribution in [3.05, 3.63) is 12.2 Å². The molecule has 0 bridgehead atoms. The normalized spacial score (nSPS) is 10.3. The number of unbranched alkanes of at least 4 members (excludes halogenated alkanes) is 3. The van der Waals surface area contributed by atoms with Gasteiger partial charge in [0.2, 0.25) is 0 Å². The molecular formula is C9H17N3O2. The van der Waals surface area contributed by atoms with Crippen molar-refractivity contribution in [2.45, 2.75) is 25.7 Å². The largest absolute Gasteiger partial charge is 0.478 e. The van der Waals surface area contributed by atoms with Gasteiger partial charge in [0.1, 0.15) is 0 Å². The average Bonchev–Trinajstić information content (AvgIpc) is 2.08. The Hall–Kier alpha value is -1.52. The summed E-state index contributed by atoms with van der Waals surface area (Å²) in [5.41, 5.74) is 10.3. The zero-order chi connectivity index (χ0) is 10.8. The van der Waals surface area contributed by atoms with E-state index in [1.165, 1.54) is 0 Å². The number of nitrogens with two attached hydrogens (primary N) is 2. The van der Waals surface area contributed by atoms with Crippen molar-refractivity contribution in [1.82, 2.24) is 0 Å². The van der Waals surface area contributed by atoms with Crippen LogP contribution in [0.5, 0.6) is 0 Å². The molecule has 0 heterocycles. The molecule has 80 valence electrons. The van der Waals surface area contributed by atoms with Gasteiger partial charge in [0.05, 0.1) is 0 Å². The number of rotatable bonds is 7. The Balaban J connectivity index is 3.22. The van der Waals surface area contributed by atoms with E-state index in [0.29, 0.717) is 6.54 Å². The van der Waals surface area contributed by atoms with Crippen molar-refractivity contribution in [1.29, 1.82) is 0 Å². The number of carboxylic acid groups (broad SMARTS) is 1. The summed E-state index contributed by atoms with van der Waals surface area (Å²) in [6.45, 7) is 0.644. The van der Waals surface area contributed by atoms with Crippen LogP contribution in [0.3, 0.4) is 0 Å². The molecule has 0 aliphatic heterocycles. The zero-order valence-electron chi connectivity index (χ0n) is 8.15. The van der Waals surface area contributed by atoms with Crippen molar-refractivity contribution in [2.75, 3.05) is 6.54 Å². The number of nitrogens with zero attached hydrogens (tertiary/aromatic N) is 1. The van der Waals surface area contributed by atoms with Crippen LogP contribution in [-0.4, -0.2) is 23.6 Å². The maximum absolute atomic E-state index is 10.1. The van der Waals surface area contributed by atoms with Crippen LogP contribution < -0.4 is 11.5 Å². The average molecular weight is 199 g/mol. The van der Waals surface area contributed by atoms with Gasteiger partial charge in [-0.2, -0.15) is 0 Å². The standard InChI is InChI=1S/C9H17N3O2/c10-9(11)12-7-5-3-1-2-4-6-8(13)14/h4,6H,1-3,5,7H2,(H,13,14)(H4,10,11,12)/b6-4+. The first-order chi connectivity index (χ1) is 6.63. The Kier molecular flexibility index (Phi) is 7.22. The van der Waals surface area contributed by atoms with Crippen LogP contribution in [0.4, 0.5) is 0 Å². The number of hydrogen-bond donors (Lipinski definition) is 3. The van der Waals surface area contributed by atoms with E-state index in [2.05, 4.69) is 4.99 Å². The number of aliphatic imine (C=N–C) groups is 1.